The van der Waals surface area contributed by atoms with E-state index in [4.69, 9.17) is 9.47 Å². The summed E-state index contributed by atoms with van der Waals surface area (Å²) in [4.78, 5) is 24.5. The highest BCUT2D eigenvalue weighted by molar-refractivity contribution is 5.84. The number of pyridine rings is 1. The lowest BCUT2D eigenvalue weighted by Gasteiger charge is -2.16. The van der Waals surface area contributed by atoms with Crippen LogP contribution >= 0.6 is 0 Å². The molecular formula is C19H23N2O4+. The van der Waals surface area contributed by atoms with E-state index in [2.05, 4.69) is 5.32 Å². The van der Waals surface area contributed by atoms with Gasteiger partial charge in [0.25, 0.3) is 5.91 Å². The summed E-state index contributed by atoms with van der Waals surface area (Å²) in [5.74, 6) is -0.0517. The van der Waals surface area contributed by atoms with Gasteiger partial charge in [-0.2, -0.15) is 4.57 Å². The lowest BCUT2D eigenvalue weighted by atomic mass is 10.1. The number of carbonyl (C=O) groups excluding carboxylic acids is 2. The van der Waals surface area contributed by atoms with Crippen LogP contribution in [0.25, 0.3) is 0 Å². The molecule has 25 heavy (non-hydrogen) atoms. The summed E-state index contributed by atoms with van der Waals surface area (Å²) in [6, 6.07) is 12.4. The molecule has 0 unspecified atom stereocenters. The number of amides is 1. The molecule has 0 fully saturated rings. The van der Waals surface area contributed by atoms with Crippen LogP contribution in [0, 0.1) is 0 Å². The minimum Gasteiger partial charge on any atom is -0.491 e. The van der Waals surface area contributed by atoms with Gasteiger partial charge >= 0.3 is 5.97 Å². The van der Waals surface area contributed by atoms with Gasteiger partial charge < -0.3 is 14.8 Å². The summed E-state index contributed by atoms with van der Waals surface area (Å²) in [5.41, 5.74) is 0.954. The molecule has 132 valence electrons. The smallest absolute Gasteiger partial charge is 0.328 e. The Kier molecular flexibility index (Phi) is 6.95. The third-order valence-corrected chi connectivity index (χ3v) is 3.58. The van der Waals surface area contributed by atoms with E-state index in [1.165, 1.54) is 0 Å². The molecule has 0 aliphatic carbocycles. The van der Waals surface area contributed by atoms with E-state index in [9.17, 15) is 9.59 Å². The second kappa shape index (κ2) is 9.42. The Morgan fingerprint density at radius 1 is 1.16 bits per heavy atom. The third-order valence-electron chi connectivity index (χ3n) is 3.58. The fourth-order valence-corrected chi connectivity index (χ4v) is 2.41. The molecule has 1 aromatic heterocycles. The quantitative estimate of drug-likeness (QED) is 0.579. The van der Waals surface area contributed by atoms with Gasteiger partial charge in [0.2, 0.25) is 12.7 Å². The fraction of sp³-hybridized carbons (Fsp3) is 0.316. The molecule has 1 aromatic carbocycles. The topological polar surface area (TPSA) is 68.5 Å². The number of nitrogens with zero attached hydrogens (tertiary/aromatic N) is 1. The highest BCUT2D eigenvalue weighted by atomic mass is 16.5. The lowest BCUT2D eigenvalue weighted by molar-refractivity contribution is -0.684. The van der Waals surface area contributed by atoms with Gasteiger partial charge in [-0.25, -0.2) is 4.79 Å². The molecule has 1 atom stereocenters. The number of nitrogens with one attached hydrogen (secondary N) is 1. The minimum atomic E-state index is -0.721. The van der Waals surface area contributed by atoms with Crippen LogP contribution in [0.15, 0.2) is 54.9 Å². The van der Waals surface area contributed by atoms with Crippen LogP contribution in [-0.4, -0.2) is 31.6 Å². The first kappa shape index (κ1) is 18.4. The first-order valence-corrected chi connectivity index (χ1v) is 8.15. The van der Waals surface area contributed by atoms with Crippen molar-refractivity contribution in [2.45, 2.75) is 25.9 Å². The molecule has 2 rings (SSSR count). The molecule has 1 N–H and O–H groups in total. The Bertz CT molecular complexity index is 704. The number of aromatic nitrogens is 1. The molecule has 0 aliphatic rings. The second-order valence-electron chi connectivity index (χ2n) is 5.48. The Morgan fingerprint density at radius 3 is 2.60 bits per heavy atom. The van der Waals surface area contributed by atoms with Crippen LogP contribution in [-0.2, 0) is 27.3 Å². The minimum absolute atomic E-state index is 0.0852. The Hall–Kier alpha value is -2.89. The van der Waals surface area contributed by atoms with Crippen LogP contribution in [0.5, 0.6) is 5.75 Å². The predicted octanol–water partition coefficient (Wildman–Crippen LogP) is 1.27. The van der Waals surface area contributed by atoms with Crippen molar-refractivity contribution >= 4 is 11.9 Å². The Balaban J connectivity index is 2.04. The second-order valence-corrected chi connectivity index (χ2v) is 5.48. The molecule has 0 spiro atoms. The largest absolute Gasteiger partial charge is 0.491 e. The summed E-state index contributed by atoms with van der Waals surface area (Å²) >= 11 is 0. The summed E-state index contributed by atoms with van der Waals surface area (Å²) in [7, 11) is 1.57. The van der Waals surface area contributed by atoms with Crippen LogP contribution in [0.4, 0.5) is 0 Å². The zero-order chi connectivity index (χ0) is 18.1. The standard InChI is InChI=1S/C19H22N2O4/c1-3-25-19(23)17(12-15-8-5-4-6-9-15)20-18(22)14-21-11-7-10-16(13-21)24-2/h4-11,13,17H,3,12,14H2,1-2H3/p+1/t17-/m0/s1. The van der Waals surface area contributed by atoms with E-state index in [0.29, 0.717) is 12.2 Å². The maximum atomic E-state index is 12.3. The van der Waals surface area contributed by atoms with Crippen LogP contribution < -0.4 is 14.6 Å². The van der Waals surface area contributed by atoms with Crippen molar-refractivity contribution in [1.82, 2.24) is 5.32 Å². The number of carbonyl (C=O) groups is 2. The number of esters is 1. The van der Waals surface area contributed by atoms with E-state index >= 15 is 0 Å². The van der Waals surface area contributed by atoms with Crippen molar-refractivity contribution in [3.8, 4) is 5.75 Å². The maximum absolute atomic E-state index is 12.3. The summed E-state index contributed by atoms with van der Waals surface area (Å²) in [5, 5.41) is 2.76. The van der Waals surface area contributed by atoms with Gasteiger partial charge in [-0.05, 0) is 18.6 Å². The molecule has 0 bridgehead atoms. The zero-order valence-electron chi connectivity index (χ0n) is 14.5. The summed E-state index contributed by atoms with van der Waals surface area (Å²) < 4.78 is 11.9. The Labute approximate surface area is 147 Å². The van der Waals surface area contributed by atoms with E-state index in [1.807, 2.05) is 30.3 Å². The van der Waals surface area contributed by atoms with E-state index in [0.717, 1.165) is 5.56 Å². The average Bonchev–Trinajstić information content (AvgIpc) is 2.62. The molecule has 0 saturated carbocycles. The number of hydrogen-bond acceptors (Lipinski definition) is 4. The van der Waals surface area contributed by atoms with Gasteiger partial charge in [0.05, 0.1) is 13.7 Å². The van der Waals surface area contributed by atoms with Crippen molar-refractivity contribution in [1.29, 1.82) is 0 Å². The fourth-order valence-electron chi connectivity index (χ4n) is 2.41. The molecule has 0 aliphatic heterocycles. The number of ether oxygens (including phenoxy) is 2. The maximum Gasteiger partial charge on any atom is 0.328 e. The van der Waals surface area contributed by atoms with Gasteiger partial charge in [0.15, 0.2) is 11.9 Å². The van der Waals surface area contributed by atoms with Crippen LogP contribution in [0.2, 0.25) is 0 Å². The van der Waals surface area contributed by atoms with Gasteiger partial charge in [0, 0.05) is 12.5 Å². The molecule has 6 nitrogen and oxygen atoms in total. The SMILES string of the molecule is CCOC(=O)[C@H](Cc1ccccc1)NC(=O)C[n+]1cccc(OC)c1. The van der Waals surface area contributed by atoms with E-state index in [-0.39, 0.29) is 19.1 Å². The molecular weight excluding hydrogens is 320 g/mol. The van der Waals surface area contributed by atoms with Crippen molar-refractivity contribution in [2.24, 2.45) is 0 Å². The molecule has 0 radical (unpaired) electrons. The van der Waals surface area contributed by atoms with Crippen molar-refractivity contribution in [2.75, 3.05) is 13.7 Å². The van der Waals surface area contributed by atoms with Crippen molar-refractivity contribution < 1.29 is 23.6 Å². The number of benzene rings is 1. The van der Waals surface area contributed by atoms with Gasteiger partial charge in [0.1, 0.15) is 6.04 Å². The third kappa shape index (κ3) is 5.91. The zero-order valence-corrected chi connectivity index (χ0v) is 14.5. The average molecular weight is 343 g/mol. The van der Waals surface area contributed by atoms with Gasteiger partial charge in [-0.1, -0.05) is 30.3 Å². The Morgan fingerprint density at radius 2 is 1.92 bits per heavy atom. The van der Waals surface area contributed by atoms with Crippen molar-refractivity contribution in [3.63, 3.8) is 0 Å². The normalized spacial score (nSPS) is 11.4. The number of rotatable bonds is 8. The van der Waals surface area contributed by atoms with E-state index in [1.54, 1.807) is 43.1 Å². The van der Waals surface area contributed by atoms with Gasteiger partial charge in [-0.15, -0.1) is 0 Å². The summed E-state index contributed by atoms with van der Waals surface area (Å²) in [6.45, 7) is 2.10. The molecule has 2 aromatic rings. The highest BCUT2D eigenvalue weighted by Gasteiger charge is 2.24. The lowest BCUT2D eigenvalue weighted by Crippen LogP contribution is -2.49. The molecule has 1 amide bonds. The number of hydrogen-bond donors (Lipinski definition) is 1. The highest BCUT2D eigenvalue weighted by Crippen LogP contribution is 2.06. The van der Waals surface area contributed by atoms with Crippen molar-refractivity contribution in [3.05, 3.63) is 60.4 Å². The monoisotopic (exact) mass is 343 g/mol. The van der Waals surface area contributed by atoms with Gasteiger partial charge in [-0.3, -0.25) is 4.79 Å². The van der Waals surface area contributed by atoms with Crippen LogP contribution in [0.1, 0.15) is 12.5 Å². The van der Waals surface area contributed by atoms with E-state index < -0.39 is 12.0 Å². The number of methoxy groups -OCH3 is 1. The first-order chi connectivity index (χ1) is 12.1. The molecule has 6 heteroatoms. The first-order valence-electron chi connectivity index (χ1n) is 8.15. The summed E-state index contributed by atoms with van der Waals surface area (Å²) in [6.07, 6.45) is 3.86. The molecule has 0 saturated heterocycles. The predicted molar refractivity (Wildman–Crippen MR) is 91.9 cm³/mol. The van der Waals surface area contributed by atoms with Crippen LogP contribution in [0.3, 0.4) is 0 Å². The molecule has 1 heterocycles.